The minimum absolute atomic E-state index is 0.0234. The highest BCUT2D eigenvalue weighted by Gasteiger charge is 2.26. The second kappa shape index (κ2) is 8.05. The monoisotopic (exact) mass is 376 g/mol. The van der Waals surface area contributed by atoms with E-state index in [9.17, 15) is 13.2 Å². The number of benzene rings is 1. The van der Waals surface area contributed by atoms with E-state index >= 15 is 0 Å². The van der Waals surface area contributed by atoms with Crippen molar-refractivity contribution in [3.05, 3.63) is 59.5 Å². The predicted molar refractivity (Wildman–Crippen MR) is 99.6 cm³/mol. The van der Waals surface area contributed by atoms with Crippen molar-refractivity contribution in [3.8, 4) is 0 Å². The Balaban J connectivity index is 1.63. The van der Waals surface area contributed by atoms with Crippen molar-refractivity contribution >= 4 is 15.7 Å². The molecule has 1 amide bonds. The Kier molecular flexibility index (Phi) is 5.78. The van der Waals surface area contributed by atoms with Gasteiger partial charge in [0.05, 0.1) is 18.1 Å². The zero-order chi connectivity index (χ0) is 18.6. The first kappa shape index (κ1) is 18.7. The summed E-state index contributed by atoms with van der Waals surface area (Å²) in [5, 5.41) is 2.97. The van der Waals surface area contributed by atoms with Crippen LogP contribution in [-0.2, 0) is 15.6 Å². The Bertz CT molecular complexity index is 823. The molecule has 1 fully saturated rings. The highest BCUT2D eigenvalue weighted by Crippen LogP contribution is 2.25. The Morgan fingerprint density at radius 1 is 1.19 bits per heavy atom. The summed E-state index contributed by atoms with van der Waals surface area (Å²) in [4.78, 5) is 14.8. The van der Waals surface area contributed by atoms with Gasteiger partial charge in [-0.1, -0.05) is 12.1 Å². The van der Waals surface area contributed by atoms with Crippen LogP contribution in [0.15, 0.2) is 47.1 Å². The molecule has 1 aromatic heterocycles. The lowest BCUT2D eigenvalue weighted by molar-refractivity contribution is 0.0933. The van der Waals surface area contributed by atoms with E-state index in [0.717, 1.165) is 31.7 Å². The van der Waals surface area contributed by atoms with E-state index in [1.165, 1.54) is 6.26 Å². The molecule has 1 aliphatic heterocycles. The molecule has 0 aliphatic carbocycles. The molecule has 0 spiro atoms. The van der Waals surface area contributed by atoms with Gasteiger partial charge in [0.15, 0.2) is 9.84 Å². The molecule has 3 rings (SSSR count). The van der Waals surface area contributed by atoms with Crippen LogP contribution in [0.5, 0.6) is 0 Å². The van der Waals surface area contributed by atoms with E-state index in [-0.39, 0.29) is 17.7 Å². The molecule has 1 saturated heterocycles. The number of likely N-dealkylation sites (tertiary alicyclic amines) is 1. The van der Waals surface area contributed by atoms with Gasteiger partial charge in [-0.15, -0.1) is 0 Å². The number of furan rings is 1. The topological polar surface area (TPSA) is 79.6 Å². The minimum atomic E-state index is -3.08. The largest absolute Gasteiger partial charge is 0.468 e. The van der Waals surface area contributed by atoms with Gasteiger partial charge < -0.3 is 9.73 Å². The third kappa shape index (κ3) is 4.95. The number of carbonyl (C=O) groups is 1. The number of hydrogen-bond donors (Lipinski definition) is 1. The summed E-state index contributed by atoms with van der Waals surface area (Å²) in [5.41, 5.74) is 1.19. The lowest BCUT2D eigenvalue weighted by Gasteiger charge is -2.26. The van der Waals surface area contributed by atoms with Crippen LogP contribution in [0.25, 0.3) is 0 Å². The number of hydrogen-bond acceptors (Lipinski definition) is 5. The molecule has 140 valence electrons. The van der Waals surface area contributed by atoms with Crippen molar-refractivity contribution in [1.29, 1.82) is 0 Å². The van der Waals surface area contributed by atoms with Gasteiger partial charge in [0, 0.05) is 18.4 Å². The van der Waals surface area contributed by atoms with Crippen LogP contribution in [0.1, 0.15) is 40.6 Å². The quantitative estimate of drug-likeness (QED) is 0.803. The lowest BCUT2D eigenvalue weighted by atomic mass is 10.1. The van der Waals surface area contributed by atoms with Crippen molar-refractivity contribution in [2.45, 2.75) is 24.6 Å². The van der Waals surface area contributed by atoms with E-state index in [2.05, 4.69) is 10.2 Å². The van der Waals surface area contributed by atoms with Gasteiger partial charge in [-0.05, 0) is 55.8 Å². The molecule has 6 nitrogen and oxygen atoms in total. The Hall–Kier alpha value is -2.12. The maximum Gasteiger partial charge on any atom is 0.251 e. The van der Waals surface area contributed by atoms with Crippen molar-refractivity contribution in [2.24, 2.45) is 0 Å². The minimum Gasteiger partial charge on any atom is -0.468 e. The summed E-state index contributed by atoms with van der Waals surface area (Å²) >= 11 is 0. The molecule has 26 heavy (non-hydrogen) atoms. The van der Waals surface area contributed by atoms with Gasteiger partial charge in [0.1, 0.15) is 5.76 Å². The molecule has 0 saturated carbocycles. The number of amides is 1. The molecular weight excluding hydrogens is 352 g/mol. The van der Waals surface area contributed by atoms with Crippen molar-refractivity contribution in [3.63, 3.8) is 0 Å². The van der Waals surface area contributed by atoms with Crippen LogP contribution in [0.2, 0.25) is 0 Å². The van der Waals surface area contributed by atoms with Gasteiger partial charge >= 0.3 is 0 Å². The molecule has 1 aromatic carbocycles. The van der Waals surface area contributed by atoms with E-state index in [1.807, 2.05) is 12.1 Å². The average molecular weight is 376 g/mol. The molecule has 0 unspecified atom stereocenters. The Morgan fingerprint density at radius 3 is 2.46 bits per heavy atom. The fourth-order valence-electron chi connectivity index (χ4n) is 3.29. The van der Waals surface area contributed by atoms with E-state index in [0.29, 0.717) is 17.7 Å². The van der Waals surface area contributed by atoms with Gasteiger partial charge in [0.2, 0.25) is 0 Å². The van der Waals surface area contributed by atoms with Crippen molar-refractivity contribution < 1.29 is 17.6 Å². The highest BCUT2D eigenvalue weighted by molar-refractivity contribution is 7.89. The molecule has 2 heterocycles. The van der Waals surface area contributed by atoms with E-state index in [1.54, 1.807) is 30.5 Å². The summed E-state index contributed by atoms with van der Waals surface area (Å²) in [5.74, 6) is 0.659. The van der Waals surface area contributed by atoms with E-state index in [4.69, 9.17) is 4.42 Å². The number of nitrogens with one attached hydrogen (secondary N) is 1. The van der Waals surface area contributed by atoms with Crippen LogP contribution >= 0.6 is 0 Å². The summed E-state index contributed by atoms with van der Waals surface area (Å²) in [6.45, 7) is 2.47. The molecular formula is C19H24N2O4S. The molecule has 0 radical (unpaired) electrons. The lowest BCUT2D eigenvalue weighted by Crippen LogP contribution is -2.36. The molecule has 0 bridgehead atoms. The van der Waals surface area contributed by atoms with Crippen LogP contribution in [0, 0.1) is 0 Å². The van der Waals surface area contributed by atoms with E-state index < -0.39 is 9.84 Å². The third-order valence-corrected chi connectivity index (χ3v) is 5.41. The zero-order valence-electron chi connectivity index (χ0n) is 14.8. The predicted octanol–water partition coefficient (Wildman–Crippen LogP) is 2.39. The molecule has 7 heteroatoms. The molecule has 1 N–H and O–H groups in total. The van der Waals surface area contributed by atoms with Gasteiger partial charge in [-0.3, -0.25) is 9.69 Å². The standard InChI is InChI=1S/C19H24N2O4S/c1-26(23,24)14-15-6-8-16(9-7-15)19(22)20-13-17(18-5-4-12-25-18)21-10-2-3-11-21/h4-9,12,17H,2-3,10-11,13-14H2,1H3,(H,20,22)/t17-/m0/s1. The molecule has 1 atom stereocenters. The van der Waals surface area contributed by atoms with Crippen LogP contribution in [0.3, 0.4) is 0 Å². The summed E-state index contributed by atoms with van der Waals surface area (Å²) < 4.78 is 28.2. The number of rotatable bonds is 7. The average Bonchev–Trinajstić information content (AvgIpc) is 3.28. The summed E-state index contributed by atoms with van der Waals surface area (Å²) in [6, 6.07) is 10.5. The third-order valence-electron chi connectivity index (χ3n) is 4.55. The highest BCUT2D eigenvalue weighted by atomic mass is 32.2. The fourth-order valence-corrected chi connectivity index (χ4v) is 4.09. The van der Waals surface area contributed by atoms with Crippen LogP contribution < -0.4 is 5.32 Å². The second-order valence-electron chi connectivity index (χ2n) is 6.75. The number of carbonyl (C=O) groups excluding carboxylic acids is 1. The zero-order valence-corrected chi connectivity index (χ0v) is 15.7. The Labute approximate surface area is 154 Å². The number of sulfone groups is 1. The fraction of sp³-hybridized carbons (Fsp3) is 0.421. The summed E-state index contributed by atoms with van der Waals surface area (Å²) in [7, 11) is -3.08. The first-order valence-corrected chi connectivity index (χ1v) is 10.8. The van der Waals surface area contributed by atoms with Gasteiger partial charge in [-0.2, -0.15) is 0 Å². The van der Waals surface area contributed by atoms with Crippen LogP contribution in [-0.4, -0.2) is 45.1 Å². The maximum absolute atomic E-state index is 12.5. The first-order valence-electron chi connectivity index (χ1n) is 8.75. The van der Waals surface area contributed by atoms with Gasteiger partial charge in [-0.25, -0.2) is 8.42 Å². The SMILES string of the molecule is CS(=O)(=O)Cc1ccc(C(=O)NC[C@@H](c2ccco2)N2CCCC2)cc1. The Morgan fingerprint density at radius 2 is 1.88 bits per heavy atom. The smallest absolute Gasteiger partial charge is 0.251 e. The normalized spacial score (nSPS) is 16.5. The van der Waals surface area contributed by atoms with Crippen LogP contribution in [0.4, 0.5) is 0 Å². The number of nitrogens with zero attached hydrogens (tertiary/aromatic N) is 1. The second-order valence-corrected chi connectivity index (χ2v) is 8.89. The maximum atomic E-state index is 12.5. The summed E-state index contributed by atoms with van der Waals surface area (Å²) in [6.07, 6.45) is 5.17. The molecule has 1 aliphatic rings. The molecule has 2 aromatic rings. The van der Waals surface area contributed by atoms with Crippen molar-refractivity contribution in [1.82, 2.24) is 10.2 Å². The van der Waals surface area contributed by atoms with Crippen molar-refractivity contribution in [2.75, 3.05) is 25.9 Å². The first-order chi connectivity index (χ1) is 12.4. The van der Waals surface area contributed by atoms with Gasteiger partial charge in [0.25, 0.3) is 5.91 Å².